The van der Waals surface area contributed by atoms with Crippen LogP contribution < -0.4 is 24.2 Å². The van der Waals surface area contributed by atoms with Gasteiger partial charge in [0.15, 0.2) is 0 Å². The highest BCUT2D eigenvalue weighted by molar-refractivity contribution is 7.91. The lowest BCUT2D eigenvalue weighted by molar-refractivity contribution is -0.146. The first-order chi connectivity index (χ1) is 30.1. The summed E-state index contributed by atoms with van der Waals surface area (Å²) in [5, 5.41) is 15.0. The molecule has 4 heterocycles. The lowest BCUT2D eigenvalue weighted by Crippen LogP contribution is -2.62. The summed E-state index contributed by atoms with van der Waals surface area (Å²) in [5.74, 6) is -1.68. The highest BCUT2D eigenvalue weighted by Crippen LogP contribution is 2.48. The fraction of sp³-hybridized carbons (Fsp3) is 0.574. The lowest BCUT2D eigenvalue weighted by Gasteiger charge is -2.43. The van der Waals surface area contributed by atoms with Crippen LogP contribution in [0, 0.1) is 17.8 Å². The third-order valence-electron chi connectivity index (χ3n) is 13.1. The van der Waals surface area contributed by atoms with E-state index in [9.17, 15) is 27.9 Å². The van der Waals surface area contributed by atoms with E-state index in [1.54, 1.807) is 53.1 Å². The zero-order valence-electron chi connectivity index (χ0n) is 38.2. The number of amides is 4. The molecule has 1 aromatic carbocycles. The summed E-state index contributed by atoms with van der Waals surface area (Å²) in [6.45, 7) is 14.4. The van der Waals surface area contributed by atoms with E-state index in [4.69, 9.17) is 19.2 Å². The average molecular weight is 903 g/mol. The molecule has 0 spiro atoms. The number of fused-ring (bicyclic) bond motifs is 3. The minimum atomic E-state index is -4.05. The number of hydrogen-bond acceptors (Lipinski definition) is 11. The summed E-state index contributed by atoms with van der Waals surface area (Å²) in [4.78, 5) is 69.4. The first kappa shape index (κ1) is 46.5. The molecule has 17 heteroatoms. The zero-order chi connectivity index (χ0) is 46.5. The SMILES string of the molecule is COc1ccc2c(O[C@@H]3C[C@H]4C(=O)N[C@]5(C(=O)NS(=O)(=O)C6(C)CC6)C[C@H]5/C=C\CC[C@@H](C)C[C@@H](C)[C@H](N(C(=O)O)C(C)(C)C)C(=O)N4C3)nc(-c3ccc(OC(C)C)nc3)cc2c1. The van der Waals surface area contributed by atoms with E-state index in [2.05, 4.69) is 21.9 Å². The van der Waals surface area contributed by atoms with Crippen LogP contribution in [-0.2, 0) is 24.4 Å². The van der Waals surface area contributed by atoms with Gasteiger partial charge in [0.2, 0.25) is 33.6 Å². The minimum absolute atomic E-state index is 0.0431. The van der Waals surface area contributed by atoms with Crippen LogP contribution in [0.2, 0.25) is 0 Å². The summed E-state index contributed by atoms with van der Waals surface area (Å²) >= 11 is 0. The van der Waals surface area contributed by atoms with Crippen molar-refractivity contribution in [1.29, 1.82) is 0 Å². The second kappa shape index (κ2) is 17.5. The van der Waals surface area contributed by atoms with Crippen molar-refractivity contribution in [3.05, 3.63) is 54.7 Å². The molecular formula is C47H62N6O10S. The van der Waals surface area contributed by atoms with Crippen LogP contribution in [0.5, 0.6) is 17.5 Å². The topological polar surface area (TPSA) is 207 Å². The van der Waals surface area contributed by atoms with Gasteiger partial charge in [0.25, 0.3) is 5.91 Å². The second-order valence-corrected chi connectivity index (χ2v) is 21.9. The van der Waals surface area contributed by atoms with E-state index in [0.717, 1.165) is 11.8 Å². The molecule has 4 aliphatic rings. The number of aromatic nitrogens is 2. The standard InChI is InChI=1S/C47H62N6O10S/c1-27(2)62-38-17-14-30(25-48-38)36-22-31-21-33(61-9)15-16-35(31)41(49-36)63-34-23-37-40(54)50-47(43(56)51-64(59,60)46(8)18-19-46)24-32(47)13-11-10-12-28(3)20-29(4)39(42(55)52(37)26-34)53(44(57)58)45(5,6)7/h11,13-17,21-22,25,27-29,32,34,37,39H,10,12,18-20,23-24,26H2,1-9H3,(H,50,54)(H,51,56)(H,57,58)/b13-11-/t28-,29-,32-,34-,37+,39+,47-/m1/s1. The second-order valence-electron chi connectivity index (χ2n) is 19.7. The molecule has 4 amide bonds. The van der Waals surface area contributed by atoms with Gasteiger partial charge in [-0.1, -0.05) is 26.0 Å². The lowest BCUT2D eigenvalue weighted by atomic mass is 9.85. The van der Waals surface area contributed by atoms with Crippen LogP contribution in [0.4, 0.5) is 4.79 Å². The maximum absolute atomic E-state index is 15.3. The number of carbonyl (C=O) groups excluding carboxylic acids is 3. The summed E-state index contributed by atoms with van der Waals surface area (Å²) in [6.07, 6.45) is 6.09. The summed E-state index contributed by atoms with van der Waals surface area (Å²) in [6, 6.07) is 8.50. The van der Waals surface area contributed by atoms with Crippen molar-refractivity contribution in [3.63, 3.8) is 0 Å². The molecular weight excluding hydrogens is 841 g/mol. The van der Waals surface area contributed by atoms with Gasteiger partial charge in [-0.2, -0.15) is 0 Å². The predicted octanol–water partition coefficient (Wildman–Crippen LogP) is 6.47. The minimum Gasteiger partial charge on any atom is -0.497 e. The van der Waals surface area contributed by atoms with Gasteiger partial charge >= 0.3 is 6.09 Å². The van der Waals surface area contributed by atoms with Gasteiger partial charge in [0, 0.05) is 41.1 Å². The Balaban J connectivity index is 1.29. The maximum Gasteiger partial charge on any atom is 0.408 e. The Morgan fingerprint density at radius 3 is 2.44 bits per heavy atom. The summed E-state index contributed by atoms with van der Waals surface area (Å²) in [5.41, 5.74) is -1.39. The van der Waals surface area contributed by atoms with E-state index >= 15 is 4.79 Å². The monoisotopic (exact) mass is 902 g/mol. The van der Waals surface area contributed by atoms with Gasteiger partial charge in [0.05, 0.1) is 30.2 Å². The molecule has 3 fully saturated rings. The van der Waals surface area contributed by atoms with Gasteiger partial charge in [0.1, 0.15) is 29.5 Å². The van der Waals surface area contributed by atoms with Crippen molar-refractivity contribution in [3.8, 4) is 28.8 Å². The number of pyridine rings is 2. The van der Waals surface area contributed by atoms with Crippen LogP contribution in [0.15, 0.2) is 54.7 Å². The Morgan fingerprint density at radius 1 is 1.08 bits per heavy atom. The molecule has 0 bridgehead atoms. The molecule has 2 saturated carbocycles. The van der Waals surface area contributed by atoms with Crippen LogP contribution in [0.3, 0.4) is 0 Å². The van der Waals surface area contributed by atoms with E-state index in [0.29, 0.717) is 54.0 Å². The zero-order valence-corrected chi connectivity index (χ0v) is 39.0. The molecule has 64 heavy (non-hydrogen) atoms. The fourth-order valence-corrected chi connectivity index (χ4v) is 10.4. The molecule has 0 unspecified atom stereocenters. The molecule has 2 aromatic heterocycles. The number of benzene rings is 1. The van der Waals surface area contributed by atoms with E-state index < -0.39 is 79.7 Å². The van der Waals surface area contributed by atoms with Gasteiger partial charge in [-0.3, -0.25) is 24.0 Å². The van der Waals surface area contributed by atoms with E-state index in [-0.39, 0.29) is 37.3 Å². The third-order valence-corrected chi connectivity index (χ3v) is 15.2. The first-order valence-corrected chi connectivity index (χ1v) is 23.7. The largest absolute Gasteiger partial charge is 0.497 e. The number of rotatable bonds is 10. The summed E-state index contributed by atoms with van der Waals surface area (Å²) in [7, 11) is -2.48. The third kappa shape index (κ3) is 9.50. The normalized spacial score (nSPS) is 27.6. The van der Waals surface area contributed by atoms with Crippen LogP contribution in [0.1, 0.15) is 100 Å². The van der Waals surface area contributed by atoms with Crippen molar-refractivity contribution in [2.45, 2.75) is 140 Å². The van der Waals surface area contributed by atoms with Crippen LogP contribution in [-0.4, -0.2) is 111 Å². The molecule has 7 rings (SSSR count). The molecule has 1 saturated heterocycles. The highest BCUT2D eigenvalue weighted by atomic mass is 32.2. The summed E-state index contributed by atoms with van der Waals surface area (Å²) < 4.78 is 45.9. The molecule has 3 aromatic rings. The number of hydrogen-bond donors (Lipinski definition) is 3. The molecule has 346 valence electrons. The smallest absolute Gasteiger partial charge is 0.408 e. The fourth-order valence-electron chi connectivity index (χ4n) is 9.13. The highest BCUT2D eigenvalue weighted by Gasteiger charge is 2.63. The maximum atomic E-state index is 15.3. The number of ether oxygens (including phenoxy) is 3. The Morgan fingerprint density at radius 2 is 1.81 bits per heavy atom. The Bertz CT molecular complexity index is 2430. The molecule has 0 radical (unpaired) electrons. The number of sulfonamides is 1. The molecule has 7 atom stereocenters. The van der Waals surface area contributed by atoms with Crippen molar-refractivity contribution in [1.82, 2.24) is 29.8 Å². The van der Waals surface area contributed by atoms with Crippen molar-refractivity contribution in [2.24, 2.45) is 17.8 Å². The average Bonchev–Trinajstić information content (AvgIpc) is 4.10. The number of allylic oxidation sites excluding steroid dienone is 1. The van der Waals surface area contributed by atoms with E-state index in [1.165, 1.54) is 9.80 Å². The van der Waals surface area contributed by atoms with Crippen molar-refractivity contribution >= 4 is 44.6 Å². The number of nitrogens with zero attached hydrogens (tertiary/aromatic N) is 4. The molecule has 2 aliphatic carbocycles. The molecule has 16 nitrogen and oxygen atoms in total. The van der Waals surface area contributed by atoms with Crippen molar-refractivity contribution < 1.29 is 46.9 Å². The number of nitrogens with one attached hydrogen (secondary N) is 2. The number of carbonyl (C=O) groups is 4. The van der Waals surface area contributed by atoms with Crippen LogP contribution >= 0.6 is 0 Å². The number of methoxy groups -OCH3 is 1. The predicted molar refractivity (Wildman–Crippen MR) is 240 cm³/mol. The Labute approximate surface area is 375 Å². The first-order valence-electron chi connectivity index (χ1n) is 22.2. The Kier molecular flexibility index (Phi) is 12.7. The van der Waals surface area contributed by atoms with Crippen molar-refractivity contribution in [2.75, 3.05) is 13.7 Å². The van der Waals surface area contributed by atoms with Gasteiger partial charge < -0.3 is 29.5 Å². The van der Waals surface area contributed by atoms with Crippen LogP contribution in [0.25, 0.3) is 22.0 Å². The molecule has 3 N–H and O–H groups in total. The quantitative estimate of drug-likeness (QED) is 0.187. The Hall–Kier alpha value is -5.45. The van der Waals surface area contributed by atoms with Gasteiger partial charge in [-0.25, -0.2) is 23.2 Å². The van der Waals surface area contributed by atoms with Gasteiger partial charge in [-0.15, -0.1) is 0 Å². The van der Waals surface area contributed by atoms with E-state index in [1.807, 2.05) is 57.2 Å². The van der Waals surface area contributed by atoms with Gasteiger partial charge in [-0.05, 0) is 128 Å². The molecule has 2 aliphatic heterocycles. The number of carboxylic acid groups (broad SMARTS) is 1.